The van der Waals surface area contributed by atoms with Crippen LogP contribution >= 0.6 is 0 Å². The first-order chi connectivity index (χ1) is 4.74. The van der Waals surface area contributed by atoms with Gasteiger partial charge >= 0.3 is 0 Å². The fraction of sp³-hybridized carbons (Fsp3) is 0.875. The summed E-state index contributed by atoms with van der Waals surface area (Å²) < 4.78 is 0. The molecule has 0 radical (unpaired) electrons. The molecule has 0 bridgehead atoms. The fourth-order valence-corrected chi connectivity index (χ4v) is 0.830. The van der Waals surface area contributed by atoms with Crippen molar-refractivity contribution >= 4 is 5.84 Å². The van der Waals surface area contributed by atoms with Gasteiger partial charge in [0.05, 0.1) is 5.84 Å². The zero-order valence-corrected chi connectivity index (χ0v) is 6.80. The molecule has 0 aliphatic heterocycles. The summed E-state index contributed by atoms with van der Waals surface area (Å²) in [6, 6.07) is 0.417. The Balaban J connectivity index is 2.35. The highest BCUT2D eigenvalue weighted by Gasteiger charge is 2.25. The van der Waals surface area contributed by atoms with Crippen molar-refractivity contribution in [1.29, 1.82) is 0 Å². The van der Waals surface area contributed by atoms with Gasteiger partial charge in [-0.3, -0.25) is 4.99 Å². The Bertz CT molecular complexity index is 136. The molecule has 1 saturated carbocycles. The Morgan fingerprint density at radius 1 is 1.70 bits per heavy atom. The SMILES string of the molecule is CCC(C)N=C(N)C1CC1. The Morgan fingerprint density at radius 2 is 2.30 bits per heavy atom. The summed E-state index contributed by atoms with van der Waals surface area (Å²) in [5, 5.41) is 0. The zero-order chi connectivity index (χ0) is 7.56. The minimum absolute atomic E-state index is 0.417. The molecule has 2 nitrogen and oxygen atoms in total. The summed E-state index contributed by atoms with van der Waals surface area (Å²) in [5.74, 6) is 1.52. The van der Waals surface area contributed by atoms with Crippen LogP contribution in [0.1, 0.15) is 33.1 Å². The lowest BCUT2D eigenvalue weighted by Crippen LogP contribution is -2.16. The van der Waals surface area contributed by atoms with Gasteiger partial charge in [-0.25, -0.2) is 0 Å². The Labute approximate surface area is 62.5 Å². The van der Waals surface area contributed by atoms with Crippen LogP contribution in [0.25, 0.3) is 0 Å². The number of rotatable bonds is 3. The first-order valence-corrected chi connectivity index (χ1v) is 4.07. The molecule has 1 unspecified atom stereocenters. The highest BCUT2D eigenvalue weighted by atomic mass is 14.9. The lowest BCUT2D eigenvalue weighted by Gasteiger charge is -2.02. The number of aliphatic imine (C=N–C) groups is 1. The number of amidine groups is 1. The second-order valence-electron chi connectivity index (χ2n) is 3.09. The van der Waals surface area contributed by atoms with Crippen molar-refractivity contribution in [3.05, 3.63) is 0 Å². The number of hydrogen-bond donors (Lipinski definition) is 1. The van der Waals surface area contributed by atoms with E-state index in [-0.39, 0.29) is 0 Å². The van der Waals surface area contributed by atoms with Crippen LogP contribution in [0.2, 0.25) is 0 Å². The van der Waals surface area contributed by atoms with Crippen LogP contribution in [0, 0.1) is 5.92 Å². The third-order valence-electron chi connectivity index (χ3n) is 1.96. The van der Waals surface area contributed by atoms with Crippen LogP contribution < -0.4 is 5.73 Å². The van der Waals surface area contributed by atoms with Gasteiger partial charge in [-0.15, -0.1) is 0 Å². The van der Waals surface area contributed by atoms with Crippen molar-refractivity contribution in [3.63, 3.8) is 0 Å². The molecule has 10 heavy (non-hydrogen) atoms. The minimum Gasteiger partial charge on any atom is -0.387 e. The van der Waals surface area contributed by atoms with Gasteiger partial charge in [-0.1, -0.05) is 6.92 Å². The normalized spacial score (nSPS) is 22.8. The molecule has 0 aromatic carbocycles. The predicted molar refractivity (Wildman–Crippen MR) is 44.1 cm³/mol. The lowest BCUT2D eigenvalue weighted by atomic mass is 10.3. The molecule has 2 N–H and O–H groups in total. The first kappa shape index (κ1) is 7.58. The largest absolute Gasteiger partial charge is 0.387 e. The fourth-order valence-electron chi connectivity index (χ4n) is 0.830. The number of nitrogens with zero attached hydrogens (tertiary/aromatic N) is 1. The first-order valence-electron chi connectivity index (χ1n) is 4.07. The van der Waals surface area contributed by atoms with E-state index in [1.807, 2.05) is 0 Å². The van der Waals surface area contributed by atoms with E-state index in [1.165, 1.54) is 12.8 Å². The summed E-state index contributed by atoms with van der Waals surface area (Å²) in [6.07, 6.45) is 3.60. The third-order valence-corrected chi connectivity index (χ3v) is 1.96. The average Bonchev–Trinajstić information content (AvgIpc) is 2.68. The van der Waals surface area contributed by atoms with E-state index in [9.17, 15) is 0 Å². The molecule has 1 fully saturated rings. The van der Waals surface area contributed by atoms with Crippen molar-refractivity contribution in [2.75, 3.05) is 0 Å². The van der Waals surface area contributed by atoms with Gasteiger partial charge in [-0.05, 0) is 26.2 Å². The second-order valence-corrected chi connectivity index (χ2v) is 3.09. The topological polar surface area (TPSA) is 38.4 Å². The van der Waals surface area contributed by atoms with Crippen molar-refractivity contribution < 1.29 is 0 Å². The molecule has 1 aliphatic rings. The zero-order valence-electron chi connectivity index (χ0n) is 6.80. The molecule has 1 rings (SSSR count). The monoisotopic (exact) mass is 140 g/mol. The Hall–Kier alpha value is -0.530. The summed E-state index contributed by atoms with van der Waals surface area (Å²) in [5.41, 5.74) is 5.71. The summed E-state index contributed by atoms with van der Waals surface area (Å²) in [6.45, 7) is 4.24. The number of hydrogen-bond acceptors (Lipinski definition) is 1. The van der Waals surface area contributed by atoms with Crippen LogP contribution in [0.4, 0.5) is 0 Å². The standard InChI is InChI=1S/C8H16N2/c1-3-6(2)10-8(9)7-4-5-7/h6-7H,3-5H2,1-2H3,(H2,9,10). The van der Waals surface area contributed by atoms with Gasteiger partial charge in [0.1, 0.15) is 0 Å². The quantitative estimate of drug-likeness (QED) is 0.469. The van der Waals surface area contributed by atoms with E-state index in [0.29, 0.717) is 12.0 Å². The molecule has 0 amide bonds. The third kappa shape index (κ3) is 2.01. The maximum absolute atomic E-state index is 5.71. The van der Waals surface area contributed by atoms with Crippen LogP contribution in [-0.2, 0) is 0 Å². The molecule has 0 spiro atoms. The van der Waals surface area contributed by atoms with Gasteiger partial charge in [0.15, 0.2) is 0 Å². The lowest BCUT2D eigenvalue weighted by molar-refractivity contribution is 0.711. The number of nitrogens with two attached hydrogens (primary N) is 1. The van der Waals surface area contributed by atoms with E-state index in [1.54, 1.807) is 0 Å². The van der Waals surface area contributed by atoms with Gasteiger partial charge in [0, 0.05) is 12.0 Å². The van der Waals surface area contributed by atoms with E-state index in [0.717, 1.165) is 12.3 Å². The van der Waals surface area contributed by atoms with Crippen LogP contribution in [0.5, 0.6) is 0 Å². The Morgan fingerprint density at radius 3 is 2.70 bits per heavy atom. The van der Waals surface area contributed by atoms with Crippen molar-refractivity contribution in [2.24, 2.45) is 16.6 Å². The minimum atomic E-state index is 0.417. The van der Waals surface area contributed by atoms with E-state index in [4.69, 9.17) is 5.73 Å². The smallest absolute Gasteiger partial charge is 0.0971 e. The van der Waals surface area contributed by atoms with Gasteiger partial charge in [-0.2, -0.15) is 0 Å². The molecule has 58 valence electrons. The average molecular weight is 140 g/mol. The van der Waals surface area contributed by atoms with Crippen LogP contribution in [0.3, 0.4) is 0 Å². The van der Waals surface area contributed by atoms with E-state index in [2.05, 4.69) is 18.8 Å². The van der Waals surface area contributed by atoms with Crippen molar-refractivity contribution in [3.8, 4) is 0 Å². The highest BCUT2D eigenvalue weighted by molar-refractivity contribution is 5.85. The predicted octanol–water partition coefficient (Wildman–Crippen LogP) is 1.55. The molecular weight excluding hydrogens is 124 g/mol. The van der Waals surface area contributed by atoms with Crippen LogP contribution in [0.15, 0.2) is 4.99 Å². The molecule has 2 heteroatoms. The molecule has 0 heterocycles. The molecule has 1 atom stereocenters. The maximum atomic E-state index is 5.71. The summed E-state index contributed by atoms with van der Waals surface area (Å²) in [4.78, 5) is 4.35. The van der Waals surface area contributed by atoms with Gasteiger partial charge in [0.2, 0.25) is 0 Å². The van der Waals surface area contributed by atoms with Crippen LogP contribution in [-0.4, -0.2) is 11.9 Å². The Kier molecular flexibility index (Phi) is 2.30. The molecule has 0 aromatic heterocycles. The van der Waals surface area contributed by atoms with Crippen molar-refractivity contribution in [2.45, 2.75) is 39.2 Å². The van der Waals surface area contributed by atoms with Gasteiger partial charge in [0.25, 0.3) is 0 Å². The second kappa shape index (κ2) is 3.04. The molecule has 0 saturated heterocycles. The van der Waals surface area contributed by atoms with E-state index < -0.39 is 0 Å². The molecule has 0 aromatic rings. The molecular formula is C8H16N2. The van der Waals surface area contributed by atoms with Gasteiger partial charge < -0.3 is 5.73 Å². The summed E-state index contributed by atoms with van der Waals surface area (Å²) in [7, 11) is 0. The van der Waals surface area contributed by atoms with E-state index >= 15 is 0 Å². The molecule has 1 aliphatic carbocycles. The maximum Gasteiger partial charge on any atom is 0.0971 e. The highest BCUT2D eigenvalue weighted by Crippen LogP contribution is 2.29. The van der Waals surface area contributed by atoms with Crippen molar-refractivity contribution in [1.82, 2.24) is 0 Å². The summed E-state index contributed by atoms with van der Waals surface area (Å²) >= 11 is 0.